The van der Waals surface area contributed by atoms with Crippen molar-refractivity contribution in [2.75, 3.05) is 19.8 Å². The van der Waals surface area contributed by atoms with Crippen molar-refractivity contribution in [3.63, 3.8) is 0 Å². The summed E-state index contributed by atoms with van der Waals surface area (Å²) in [7, 11) is 0. The molecule has 0 saturated heterocycles. The zero-order valence-corrected chi connectivity index (χ0v) is 21.0. The van der Waals surface area contributed by atoms with Gasteiger partial charge in [-0.2, -0.15) is 4.98 Å². The fraction of sp³-hybridized carbons (Fsp3) is 0.393. The molecule has 0 radical (unpaired) electrons. The first kappa shape index (κ1) is 24.7. The average molecular weight is 475 g/mol. The van der Waals surface area contributed by atoms with E-state index in [1.807, 2.05) is 26.0 Å². The van der Waals surface area contributed by atoms with Crippen molar-refractivity contribution in [2.24, 2.45) is 0 Å². The van der Waals surface area contributed by atoms with Crippen molar-refractivity contribution in [3.05, 3.63) is 76.8 Å². The third-order valence-electron chi connectivity index (χ3n) is 6.47. The minimum atomic E-state index is -0.382. The molecule has 1 atom stereocenters. The molecule has 4 rings (SSSR count). The zero-order chi connectivity index (χ0) is 24.8. The van der Waals surface area contributed by atoms with E-state index in [9.17, 15) is 4.79 Å². The molecule has 2 heterocycles. The monoisotopic (exact) mass is 474 g/mol. The van der Waals surface area contributed by atoms with Crippen molar-refractivity contribution in [2.45, 2.75) is 53.0 Å². The second-order valence-electron chi connectivity index (χ2n) is 8.65. The van der Waals surface area contributed by atoms with E-state index in [1.54, 1.807) is 4.90 Å². The first-order valence-electron chi connectivity index (χ1n) is 12.4. The Kier molecular flexibility index (Phi) is 7.98. The third kappa shape index (κ3) is 5.46. The number of carbonyl (C=O) groups is 1. The lowest BCUT2D eigenvalue weighted by Gasteiger charge is -2.35. The molecule has 7 heteroatoms. The number of ether oxygens (including phenoxy) is 1. The molecule has 184 valence electrons. The molecule has 35 heavy (non-hydrogen) atoms. The highest BCUT2D eigenvalue weighted by Gasteiger charge is 2.35. The summed E-state index contributed by atoms with van der Waals surface area (Å²) in [5.41, 5.74) is 6.00. The van der Waals surface area contributed by atoms with Crippen LogP contribution < -0.4 is 5.32 Å². The molecule has 0 bridgehead atoms. The van der Waals surface area contributed by atoms with E-state index in [4.69, 9.17) is 14.2 Å². The molecule has 1 aliphatic heterocycles. The molecule has 7 nitrogen and oxygen atoms in total. The summed E-state index contributed by atoms with van der Waals surface area (Å²) in [6, 6.07) is 16.0. The average Bonchev–Trinajstić information content (AvgIpc) is 3.37. The van der Waals surface area contributed by atoms with E-state index in [0.717, 1.165) is 41.7 Å². The van der Waals surface area contributed by atoms with Crippen molar-refractivity contribution >= 4 is 11.6 Å². The maximum Gasteiger partial charge on any atom is 0.322 e. The van der Waals surface area contributed by atoms with Crippen LogP contribution in [0.2, 0.25) is 0 Å². The van der Waals surface area contributed by atoms with Gasteiger partial charge in [0.15, 0.2) is 0 Å². The molecule has 0 aliphatic carbocycles. The number of carbonyl (C=O) groups excluding carboxylic acids is 1. The summed E-state index contributed by atoms with van der Waals surface area (Å²) < 4.78 is 11.3. The van der Waals surface area contributed by atoms with Crippen LogP contribution >= 0.6 is 0 Å². The maximum atomic E-state index is 13.1. The van der Waals surface area contributed by atoms with Crippen LogP contribution in [-0.2, 0) is 17.6 Å². The van der Waals surface area contributed by atoms with Gasteiger partial charge in [-0.15, -0.1) is 0 Å². The van der Waals surface area contributed by atoms with Crippen LogP contribution in [0.3, 0.4) is 0 Å². The lowest BCUT2D eigenvalue weighted by Crippen LogP contribution is -2.46. The van der Waals surface area contributed by atoms with Crippen molar-refractivity contribution in [3.8, 4) is 11.4 Å². The highest BCUT2D eigenvalue weighted by Crippen LogP contribution is 2.37. The van der Waals surface area contributed by atoms with Crippen molar-refractivity contribution in [1.29, 1.82) is 0 Å². The third-order valence-corrected chi connectivity index (χ3v) is 6.47. The normalized spacial score (nSPS) is 16.1. The van der Waals surface area contributed by atoms with Gasteiger partial charge in [0.1, 0.15) is 0 Å². The number of benzene rings is 2. The molecule has 1 unspecified atom stereocenters. The quantitative estimate of drug-likeness (QED) is 0.377. The summed E-state index contributed by atoms with van der Waals surface area (Å²) in [6.07, 6.45) is 2.66. The van der Waals surface area contributed by atoms with Gasteiger partial charge in [-0.25, -0.2) is 4.79 Å². The number of allylic oxidation sites excluding steroid dienone is 1. The van der Waals surface area contributed by atoms with E-state index >= 15 is 0 Å². The molecular formula is C28H34N4O3. The fourth-order valence-corrected chi connectivity index (χ4v) is 4.33. The number of amides is 2. The minimum Gasteiger partial charge on any atom is -0.382 e. The number of aryl methyl sites for hydroxylation is 2. The van der Waals surface area contributed by atoms with Gasteiger partial charge >= 0.3 is 6.03 Å². The van der Waals surface area contributed by atoms with E-state index in [-0.39, 0.29) is 12.1 Å². The van der Waals surface area contributed by atoms with Crippen LogP contribution in [-0.4, -0.2) is 40.8 Å². The van der Waals surface area contributed by atoms with Crippen LogP contribution in [0.4, 0.5) is 4.79 Å². The molecule has 1 aromatic heterocycles. The highest BCUT2D eigenvalue weighted by atomic mass is 16.5. The van der Waals surface area contributed by atoms with Gasteiger partial charge in [-0.1, -0.05) is 67.5 Å². The van der Waals surface area contributed by atoms with Crippen LogP contribution in [0.25, 0.3) is 17.0 Å². The van der Waals surface area contributed by atoms with Gasteiger partial charge in [0.05, 0.1) is 11.6 Å². The molecule has 2 amide bonds. The van der Waals surface area contributed by atoms with Crippen LogP contribution in [0, 0.1) is 0 Å². The van der Waals surface area contributed by atoms with Crippen LogP contribution in [0.1, 0.15) is 62.7 Å². The summed E-state index contributed by atoms with van der Waals surface area (Å²) in [4.78, 5) is 19.6. The number of nitrogens with zero attached hydrogens (tertiary/aromatic N) is 3. The van der Waals surface area contributed by atoms with Crippen LogP contribution in [0.15, 0.2) is 58.8 Å². The molecule has 1 aliphatic rings. The smallest absolute Gasteiger partial charge is 0.322 e. The summed E-state index contributed by atoms with van der Waals surface area (Å²) in [5, 5.41) is 7.43. The van der Waals surface area contributed by atoms with Crippen LogP contribution in [0.5, 0.6) is 0 Å². The molecule has 1 N–H and O–H groups in total. The molecule has 0 fully saturated rings. The number of hydrogen-bond acceptors (Lipinski definition) is 5. The summed E-state index contributed by atoms with van der Waals surface area (Å²) in [5.74, 6) is 0.944. The lowest BCUT2D eigenvalue weighted by atomic mass is 9.93. The van der Waals surface area contributed by atoms with Gasteiger partial charge in [-0.3, -0.25) is 4.90 Å². The Morgan fingerprint density at radius 1 is 1.00 bits per heavy atom. The second kappa shape index (κ2) is 11.3. The number of aromatic nitrogens is 2. The Morgan fingerprint density at radius 2 is 1.66 bits per heavy atom. The lowest BCUT2D eigenvalue weighted by molar-refractivity contribution is 0.136. The Balaban J connectivity index is 1.71. The van der Waals surface area contributed by atoms with Crippen molar-refractivity contribution < 1.29 is 14.1 Å². The predicted octanol–water partition coefficient (Wildman–Crippen LogP) is 5.79. The minimum absolute atomic E-state index is 0.137. The van der Waals surface area contributed by atoms with E-state index in [0.29, 0.717) is 31.5 Å². The molecule has 0 spiro atoms. The highest BCUT2D eigenvalue weighted by molar-refractivity contribution is 5.86. The van der Waals surface area contributed by atoms with Gasteiger partial charge in [0.25, 0.3) is 5.89 Å². The standard InChI is InChI=1S/C28H34N4O3/c1-5-20-9-13-22(14-10-20)25-24(19(4)32(28(33)29-25)17-8-18-34-7-3)27-30-26(31-35-27)23-15-11-21(6-2)12-16-23/h9-16,25H,5-8,17-18H2,1-4H3,(H,29,33). The van der Waals surface area contributed by atoms with E-state index in [1.165, 1.54) is 11.1 Å². The second-order valence-corrected chi connectivity index (χ2v) is 8.65. The van der Waals surface area contributed by atoms with E-state index in [2.05, 4.69) is 60.7 Å². The molecule has 3 aromatic rings. The van der Waals surface area contributed by atoms with Gasteiger partial charge in [0, 0.05) is 31.0 Å². The Bertz CT molecular complexity index is 1170. The zero-order valence-electron chi connectivity index (χ0n) is 21.0. The van der Waals surface area contributed by atoms with E-state index < -0.39 is 0 Å². The summed E-state index contributed by atoms with van der Waals surface area (Å²) >= 11 is 0. The Morgan fingerprint density at radius 3 is 2.29 bits per heavy atom. The number of hydrogen-bond donors (Lipinski definition) is 1. The molecule has 2 aromatic carbocycles. The summed E-state index contributed by atoms with van der Waals surface area (Å²) in [6.45, 7) is 9.97. The molecule has 0 saturated carbocycles. The number of urea groups is 1. The first-order valence-corrected chi connectivity index (χ1v) is 12.4. The largest absolute Gasteiger partial charge is 0.382 e. The number of nitrogens with one attached hydrogen (secondary N) is 1. The van der Waals surface area contributed by atoms with Gasteiger partial charge < -0.3 is 14.6 Å². The van der Waals surface area contributed by atoms with Crippen molar-refractivity contribution in [1.82, 2.24) is 20.4 Å². The Hall–Kier alpha value is -3.45. The topological polar surface area (TPSA) is 80.5 Å². The number of rotatable bonds is 10. The maximum absolute atomic E-state index is 13.1. The fourth-order valence-electron chi connectivity index (χ4n) is 4.33. The first-order chi connectivity index (χ1) is 17.0. The van der Waals surface area contributed by atoms with Gasteiger partial charge in [-0.05, 0) is 49.8 Å². The van der Waals surface area contributed by atoms with Gasteiger partial charge in [0.2, 0.25) is 5.82 Å². The SMILES string of the molecule is CCOCCCN1C(=O)NC(c2ccc(CC)cc2)C(c2nc(-c3ccc(CC)cc3)no2)=C1C. The molecular weight excluding hydrogens is 440 g/mol. The Labute approximate surface area is 207 Å². The predicted molar refractivity (Wildman–Crippen MR) is 137 cm³/mol.